The van der Waals surface area contributed by atoms with Crippen molar-refractivity contribution >= 4 is 11.9 Å². The first-order valence-electron chi connectivity index (χ1n) is 5.10. The van der Waals surface area contributed by atoms with Gasteiger partial charge in [0.05, 0.1) is 5.92 Å². The van der Waals surface area contributed by atoms with E-state index in [-0.39, 0.29) is 25.1 Å². The van der Waals surface area contributed by atoms with Gasteiger partial charge in [0.2, 0.25) is 6.29 Å². The topological polar surface area (TPSA) is 71.1 Å². The zero-order valence-electron chi connectivity index (χ0n) is 9.60. The van der Waals surface area contributed by atoms with Gasteiger partial charge in [-0.1, -0.05) is 13.8 Å². The van der Waals surface area contributed by atoms with E-state index in [1.807, 2.05) is 0 Å². The maximum atomic E-state index is 11.1. The highest BCUT2D eigenvalue weighted by Crippen LogP contribution is 2.13. The van der Waals surface area contributed by atoms with Crippen LogP contribution >= 0.6 is 0 Å². The molecule has 0 saturated carbocycles. The Kier molecular flexibility index (Phi) is 4.70. The predicted octanol–water partition coefficient (Wildman–Crippen LogP) is 0.448. The molecule has 0 spiro atoms. The summed E-state index contributed by atoms with van der Waals surface area (Å²) in [6.07, 6.45) is -1.37. The van der Waals surface area contributed by atoms with Crippen molar-refractivity contribution in [2.24, 2.45) is 5.92 Å². The van der Waals surface area contributed by atoms with Crippen molar-refractivity contribution in [3.8, 4) is 0 Å². The summed E-state index contributed by atoms with van der Waals surface area (Å²) in [6, 6.07) is 0. The normalized spacial score (nSPS) is 24.5. The van der Waals surface area contributed by atoms with Crippen LogP contribution in [-0.2, 0) is 28.5 Å². The molecule has 92 valence electrons. The van der Waals surface area contributed by atoms with Crippen LogP contribution in [0.25, 0.3) is 0 Å². The number of rotatable bonds is 4. The second-order valence-electron chi connectivity index (χ2n) is 3.72. The molecule has 0 unspecified atom stereocenters. The molecule has 1 aliphatic heterocycles. The molecule has 1 fully saturated rings. The van der Waals surface area contributed by atoms with E-state index >= 15 is 0 Å². The molecular weight excluding hydrogens is 216 g/mol. The quantitative estimate of drug-likeness (QED) is 0.655. The summed E-state index contributed by atoms with van der Waals surface area (Å²) in [5, 5.41) is 0. The highest BCUT2D eigenvalue weighted by Gasteiger charge is 2.29. The zero-order valence-corrected chi connectivity index (χ0v) is 9.60. The maximum absolute atomic E-state index is 11.1. The van der Waals surface area contributed by atoms with Crippen LogP contribution in [0, 0.1) is 5.92 Å². The van der Waals surface area contributed by atoms with E-state index in [0.717, 1.165) is 0 Å². The number of hydrogen-bond donors (Lipinski definition) is 0. The summed E-state index contributed by atoms with van der Waals surface area (Å²) in [6.45, 7) is 4.93. The smallest absolute Gasteiger partial charge is 0.308 e. The Hall–Kier alpha value is -1.14. The minimum atomic E-state index is -0.708. The van der Waals surface area contributed by atoms with Crippen molar-refractivity contribution in [1.82, 2.24) is 0 Å². The minimum absolute atomic E-state index is 0.00871. The van der Waals surface area contributed by atoms with Gasteiger partial charge < -0.3 is 18.9 Å². The SMILES string of the molecule is CC(=O)O[C@@H]1CO[C@@H](COC(=O)C(C)C)O1. The molecule has 0 bridgehead atoms. The Morgan fingerprint density at radius 2 is 2.12 bits per heavy atom. The third-order valence-corrected chi connectivity index (χ3v) is 1.85. The molecule has 0 amide bonds. The molecule has 6 nitrogen and oxygen atoms in total. The Morgan fingerprint density at radius 1 is 1.44 bits per heavy atom. The summed E-state index contributed by atoms with van der Waals surface area (Å²) in [5.41, 5.74) is 0. The van der Waals surface area contributed by atoms with Crippen LogP contribution < -0.4 is 0 Å². The zero-order chi connectivity index (χ0) is 12.1. The molecule has 1 rings (SSSR count). The lowest BCUT2D eigenvalue weighted by molar-refractivity contribution is -0.184. The lowest BCUT2D eigenvalue weighted by Crippen LogP contribution is -2.24. The molecule has 1 saturated heterocycles. The van der Waals surface area contributed by atoms with E-state index in [1.54, 1.807) is 13.8 Å². The lowest BCUT2D eigenvalue weighted by atomic mass is 10.2. The van der Waals surface area contributed by atoms with E-state index in [4.69, 9.17) is 18.9 Å². The van der Waals surface area contributed by atoms with Gasteiger partial charge in [0.25, 0.3) is 0 Å². The van der Waals surface area contributed by atoms with Crippen LogP contribution in [0.3, 0.4) is 0 Å². The Morgan fingerprint density at radius 3 is 2.69 bits per heavy atom. The van der Waals surface area contributed by atoms with Gasteiger partial charge in [-0.05, 0) is 0 Å². The van der Waals surface area contributed by atoms with Gasteiger partial charge in [-0.3, -0.25) is 9.59 Å². The van der Waals surface area contributed by atoms with Gasteiger partial charge in [0.15, 0.2) is 6.29 Å². The van der Waals surface area contributed by atoms with Crippen molar-refractivity contribution in [2.45, 2.75) is 33.4 Å². The molecule has 0 aromatic carbocycles. The van der Waals surface area contributed by atoms with E-state index in [0.29, 0.717) is 0 Å². The number of ether oxygens (including phenoxy) is 4. The van der Waals surface area contributed by atoms with Crippen molar-refractivity contribution < 1.29 is 28.5 Å². The molecule has 0 aromatic rings. The average molecular weight is 232 g/mol. The second kappa shape index (κ2) is 5.81. The van der Waals surface area contributed by atoms with E-state index in [2.05, 4.69) is 0 Å². The summed E-state index contributed by atoms with van der Waals surface area (Å²) in [4.78, 5) is 21.8. The number of carbonyl (C=O) groups excluding carboxylic acids is 2. The largest absolute Gasteiger partial charge is 0.460 e. The van der Waals surface area contributed by atoms with E-state index in [1.165, 1.54) is 6.92 Å². The molecule has 16 heavy (non-hydrogen) atoms. The van der Waals surface area contributed by atoms with Crippen LogP contribution in [0.2, 0.25) is 0 Å². The monoisotopic (exact) mass is 232 g/mol. The van der Waals surface area contributed by atoms with Crippen molar-refractivity contribution in [1.29, 1.82) is 0 Å². The first-order valence-corrected chi connectivity index (χ1v) is 5.10. The molecule has 6 heteroatoms. The summed E-state index contributed by atoms with van der Waals surface area (Å²) >= 11 is 0. The minimum Gasteiger partial charge on any atom is -0.460 e. The first kappa shape index (κ1) is 12.9. The van der Waals surface area contributed by atoms with Gasteiger partial charge >= 0.3 is 11.9 Å². The molecule has 0 aromatic heterocycles. The average Bonchev–Trinajstić information content (AvgIpc) is 2.60. The Labute approximate surface area is 93.8 Å². The van der Waals surface area contributed by atoms with Gasteiger partial charge in [-0.15, -0.1) is 0 Å². The van der Waals surface area contributed by atoms with Crippen LogP contribution in [0.5, 0.6) is 0 Å². The van der Waals surface area contributed by atoms with Crippen molar-refractivity contribution in [3.63, 3.8) is 0 Å². The van der Waals surface area contributed by atoms with Crippen LogP contribution in [0.4, 0.5) is 0 Å². The van der Waals surface area contributed by atoms with E-state index in [9.17, 15) is 9.59 Å². The fourth-order valence-electron chi connectivity index (χ4n) is 1.08. The van der Waals surface area contributed by atoms with Crippen LogP contribution in [0.15, 0.2) is 0 Å². The van der Waals surface area contributed by atoms with Gasteiger partial charge in [0, 0.05) is 6.92 Å². The molecule has 0 radical (unpaired) electrons. The van der Waals surface area contributed by atoms with Gasteiger partial charge in [-0.25, -0.2) is 0 Å². The number of carbonyl (C=O) groups is 2. The van der Waals surface area contributed by atoms with Crippen molar-refractivity contribution in [2.75, 3.05) is 13.2 Å². The Bertz CT molecular complexity index is 262. The lowest BCUT2D eigenvalue weighted by Gasteiger charge is -2.12. The maximum Gasteiger partial charge on any atom is 0.308 e. The molecular formula is C10H16O6. The van der Waals surface area contributed by atoms with E-state index < -0.39 is 18.5 Å². The molecule has 2 atom stereocenters. The van der Waals surface area contributed by atoms with Gasteiger partial charge in [0.1, 0.15) is 13.2 Å². The second-order valence-corrected chi connectivity index (χ2v) is 3.72. The van der Waals surface area contributed by atoms with Crippen molar-refractivity contribution in [3.05, 3.63) is 0 Å². The summed E-state index contributed by atoms with van der Waals surface area (Å²) in [5.74, 6) is -0.942. The standard InChI is InChI=1S/C10H16O6/c1-6(2)10(12)14-4-8-13-5-9(16-8)15-7(3)11/h6,8-9H,4-5H2,1-3H3/t8-,9+/m1/s1. The summed E-state index contributed by atoms with van der Waals surface area (Å²) in [7, 11) is 0. The molecule has 0 N–H and O–H groups in total. The highest BCUT2D eigenvalue weighted by atomic mass is 16.8. The first-order chi connectivity index (χ1) is 7.49. The Balaban J connectivity index is 2.21. The summed E-state index contributed by atoms with van der Waals surface area (Å²) < 4.78 is 20.0. The molecule has 1 heterocycles. The predicted molar refractivity (Wildman–Crippen MR) is 52.2 cm³/mol. The molecule has 0 aliphatic carbocycles. The number of hydrogen-bond acceptors (Lipinski definition) is 6. The number of esters is 2. The fraction of sp³-hybridized carbons (Fsp3) is 0.800. The van der Waals surface area contributed by atoms with Gasteiger partial charge in [-0.2, -0.15) is 0 Å². The third-order valence-electron chi connectivity index (χ3n) is 1.85. The third kappa shape index (κ3) is 4.16. The highest BCUT2D eigenvalue weighted by molar-refractivity contribution is 5.71. The van der Waals surface area contributed by atoms with Crippen LogP contribution in [0.1, 0.15) is 20.8 Å². The molecule has 1 aliphatic rings. The fourth-order valence-corrected chi connectivity index (χ4v) is 1.08. The van der Waals surface area contributed by atoms with Crippen LogP contribution in [-0.4, -0.2) is 37.7 Å².